The number of nitrogens with one attached hydrogen (secondary N) is 1. The Morgan fingerprint density at radius 2 is 1.90 bits per heavy atom. The Balaban J connectivity index is 1.74. The number of halogens is 1. The molecule has 29 heavy (non-hydrogen) atoms. The molecule has 0 radical (unpaired) electrons. The highest BCUT2D eigenvalue weighted by Crippen LogP contribution is 2.36. The van der Waals surface area contributed by atoms with Crippen LogP contribution in [0.25, 0.3) is 0 Å². The van der Waals surface area contributed by atoms with Gasteiger partial charge in [0.15, 0.2) is 0 Å². The minimum atomic E-state index is -0.829. The zero-order valence-electron chi connectivity index (χ0n) is 16.3. The lowest BCUT2D eigenvalue weighted by Crippen LogP contribution is -2.50. The molecule has 1 N–H and O–H groups in total. The number of terminal acetylenes is 1. The first-order valence-corrected chi connectivity index (χ1v) is 9.40. The highest BCUT2D eigenvalue weighted by Gasteiger charge is 2.43. The number of nitrogens with zero attached hydrogens (tertiary/aromatic N) is 1. The Morgan fingerprint density at radius 1 is 1.21 bits per heavy atom. The molecule has 150 valence electrons. The molecule has 1 aliphatic heterocycles. The summed E-state index contributed by atoms with van der Waals surface area (Å²) in [6.07, 6.45) is 6.34. The predicted molar refractivity (Wildman–Crippen MR) is 109 cm³/mol. The second-order valence-electron chi connectivity index (χ2n) is 7.14. The van der Waals surface area contributed by atoms with E-state index in [4.69, 9.17) is 11.2 Å². The molecule has 6 heteroatoms. The third-order valence-electron chi connectivity index (χ3n) is 5.19. The smallest absolute Gasteiger partial charge is 0.243 e. The summed E-state index contributed by atoms with van der Waals surface area (Å²) in [5.41, 5.74) is 1.14. The summed E-state index contributed by atoms with van der Waals surface area (Å²) in [6.45, 7) is 0.757. The Bertz CT molecular complexity index is 928. The second kappa shape index (κ2) is 8.89. The molecule has 2 aromatic carbocycles. The first-order chi connectivity index (χ1) is 13.9. The average Bonchev–Trinajstić information content (AvgIpc) is 2.74. The van der Waals surface area contributed by atoms with E-state index in [1.807, 2.05) is 0 Å². The van der Waals surface area contributed by atoms with E-state index in [0.29, 0.717) is 37.3 Å². The molecule has 0 aromatic heterocycles. The van der Waals surface area contributed by atoms with Gasteiger partial charge in [-0.1, -0.05) is 24.1 Å². The third kappa shape index (κ3) is 4.64. The van der Waals surface area contributed by atoms with Crippen LogP contribution < -0.4 is 5.32 Å². The fourth-order valence-electron chi connectivity index (χ4n) is 3.65. The number of hydrogen-bond acceptors (Lipinski definition) is 3. The maximum absolute atomic E-state index is 13.4. The van der Waals surface area contributed by atoms with E-state index in [1.165, 1.54) is 17.0 Å². The molecule has 3 rings (SSSR count). The molecule has 0 saturated carbocycles. The largest absolute Gasteiger partial charge is 0.381 e. The van der Waals surface area contributed by atoms with Crippen molar-refractivity contribution in [2.24, 2.45) is 0 Å². The van der Waals surface area contributed by atoms with Gasteiger partial charge in [-0.15, -0.1) is 6.42 Å². The van der Waals surface area contributed by atoms with Gasteiger partial charge < -0.3 is 15.0 Å². The molecule has 0 spiro atoms. The van der Waals surface area contributed by atoms with Gasteiger partial charge in [0.1, 0.15) is 5.82 Å². The van der Waals surface area contributed by atoms with Crippen LogP contribution in [0.15, 0.2) is 48.5 Å². The summed E-state index contributed by atoms with van der Waals surface area (Å²) in [6, 6.07) is 12.9. The van der Waals surface area contributed by atoms with Crippen LogP contribution in [0.4, 0.5) is 10.1 Å². The Hall–Kier alpha value is -3.17. The van der Waals surface area contributed by atoms with E-state index in [-0.39, 0.29) is 24.2 Å². The van der Waals surface area contributed by atoms with Crippen LogP contribution in [0.5, 0.6) is 0 Å². The minimum Gasteiger partial charge on any atom is -0.381 e. The van der Waals surface area contributed by atoms with Crippen LogP contribution in [-0.4, -0.2) is 43.5 Å². The van der Waals surface area contributed by atoms with Crippen molar-refractivity contribution in [1.29, 1.82) is 0 Å². The number of amides is 2. The first-order valence-electron chi connectivity index (χ1n) is 9.40. The van der Waals surface area contributed by atoms with Gasteiger partial charge in [-0.05, 0) is 48.7 Å². The van der Waals surface area contributed by atoms with Gasteiger partial charge in [0.25, 0.3) is 0 Å². The summed E-state index contributed by atoms with van der Waals surface area (Å²) in [7, 11) is 1.60. The normalized spacial score (nSPS) is 15.2. The molecule has 0 atom stereocenters. The number of benzene rings is 2. The molecule has 1 saturated heterocycles. The lowest BCUT2D eigenvalue weighted by atomic mass is 9.73. The molecule has 0 bridgehead atoms. The fourth-order valence-corrected chi connectivity index (χ4v) is 3.65. The van der Waals surface area contributed by atoms with Gasteiger partial charge >= 0.3 is 0 Å². The summed E-state index contributed by atoms with van der Waals surface area (Å²) in [5.74, 6) is 1.66. The SMILES string of the molecule is C#Cc1cccc(NC(=O)CN(C)C(=O)C2(c3ccc(F)cc3)CCOCC2)c1. The maximum Gasteiger partial charge on any atom is 0.243 e. The zero-order valence-corrected chi connectivity index (χ0v) is 16.3. The van der Waals surface area contributed by atoms with E-state index < -0.39 is 5.41 Å². The van der Waals surface area contributed by atoms with Gasteiger partial charge in [-0.3, -0.25) is 9.59 Å². The van der Waals surface area contributed by atoms with Crippen molar-refractivity contribution in [1.82, 2.24) is 4.90 Å². The van der Waals surface area contributed by atoms with Crippen molar-refractivity contribution >= 4 is 17.5 Å². The second-order valence-corrected chi connectivity index (χ2v) is 7.14. The van der Waals surface area contributed by atoms with Crippen molar-refractivity contribution in [2.75, 3.05) is 32.1 Å². The predicted octanol–water partition coefficient (Wildman–Crippen LogP) is 2.95. The number of ether oxygens (including phenoxy) is 1. The van der Waals surface area contributed by atoms with Crippen molar-refractivity contribution in [3.05, 3.63) is 65.5 Å². The van der Waals surface area contributed by atoms with Crippen molar-refractivity contribution in [3.63, 3.8) is 0 Å². The molecular formula is C23H23FN2O3. The number of anilines is 1. The molecule has 0 unspecified atom stereocenters. The molecule has 1 heterocycles. The topological polar surface area (TPSA) is 58.6 Å². The van der Waals surface area contributed by atoms with E-state index in [0.717, 1.165) is 5.56 Å². The van der Waals surface area contributed by atoms with Crippen molar-refractivity contribution < 1.29 is 18.7 Å². The Morgan fingerprint density at radius 3 is 2.55 bits per heavy atom. The average molecular weight is 394 g/mol. The maximum atomic E-state index is 13.4. The van der Waals surface area contributed by atoms with Gasteiger partial charge in [-0.2, -0.15) is 0 Å². The minimum absolute atomic E-state index is 0.108. The Labute approximate surface area is 169 Å². The highest BCUT2D eigenvalue weighted by atomic mass is 19.1. The number of likely N-dealkylation sites (N-methyl/N-ethyl adjacent to an activating group) is 1. The zero-order chi connectivity index (χ0) is 20.9. The molecule has 5 nitrogen and oxygen atoms in total. The van der Waals surface area contributed by atoms with E-state index >= 15 is 0 Å². The molecule has 2 aromatic rings. The van der Waals surface area contributed by atoms with Gasteiger partial charge in [-0.25, -0.2) is 4.39 Å². The highest BCUT2D eigenvalue weighted by molar-refractivity contribution is 5.96. The molecule has 1 aliphatic rings. The number of carbonyl (C=O) groups is 2. The Kier molecular flexibility index (Phi) is 6.30. The summed E-state index contributed by atoms with van der Waals surface area (Å²) < 4.78 is 18.8. The third-order valence-corrected chi connectivity index (χ3v) is 5.19. The van der Waals surface area contributed by atoms with Crippen LogP contribution in [-0.2, 0) is 19.7 Å². The van der Waals surface area contributed by atoms with Crippen LogP contribution in [0.3, 0.4) is 0 Å². The summed E-state index contributed by atoms with van der Waals surface area (Å²) in [4.78, 5) is 27.2. The number of hydrogen-bond donors (Lipinski definition) is 1. The van der Waals surface area contributed by atoms with Gasteiger partial charge in [0.2, 0.25) is 11.8 Å². The quantitative estimate of drug-likeness (QED) is 0.794. The van der Waals surface area contributed by atoms with Crippen LogP contribution >= 0.6 is 0 Å². The van der Waals surface area contributed by atoms with Crippen LogP contribution in [0, 0.1) is 18.2 Å². The van der Waals surface area contributed by atoms with E-state index in [2.05, 4.69) is 11.2 Å². The van der Waals surface area contributed by atoms with Crippen LogP contribution in [0.1, 0.15) is 24.0 Å². The fraction of sp³-hybridized carbons (Fsp3) is 0.304. The number of rotatable bonds is 5. The lowest BCUT2D eigenvalue weighted by molar-refractivity contribution is -0.142. The lowest BCUT2D eigenvalue weighted by Gasteiger charge is -2.39. The van der Waals surface area contributed by atoms with Gasteiger partial charge in [0.05, 0.1) is 12.0 Å². The molecular weight excluding hydrogens is 371 g/mol. The van der Waals surface area contributed by atoms with E-state index in [1.54, 1.807) is 43.4 Å². The number of carbonyl (C=O) groups excluding carboxylic acids is 2. The van der Waals surface area contributed by atoms with Crippen molar-refractivity contribution in [3.8, 4) is 12.3 Å². The van der Waals surface area contributed by atoms with Crippen molar-refractivity contribution in [2.45, 2.75) is 18.3 Å². The molecule has 2 amide bonds. The summed E-state index contributed by atoms with van der Waals surface area (Å²) >= 11 is 0. The van der Waals surface area contributed by atoms with Gasteiger partial charge in [0, 0.05) is 31.5 Å². The monoisotopic (exact) mass is 394 g/mol. The molecule has 0 aliphatic carbocycles. The standard InChI is InChI=1S/C23H23FN2O3/c1-3-17-5-4-6-20(15-17)25-21(27)16-26(2)22(28)23(11-13-29-14-12-23)18-7-9-19(24)10-8-18/h1,4-10,15H,11-14,16H2,2H3,(H,25,27). The van der Waals surface area contributed by atoms with E-state index in [9.17, 15) is 14.0 Å². The van der Waals surface area contributed by atoms with Crippen LogP contribution in [0.2, 0.25) is 0 Å². The first kappa shape index (κ1) is 20.6. The summed E-state index contributed by atoms with van der Waals surface area (Å²) in [5, 5.41) is 2.76. The molecule has 1 fully saturated rings.